The zero-order valence-electron chi connectivity index (χ0n) is 8.98. The molecular weight excluding hydrogens is 188 g/mol. The fourth-order valence-corrected chi connectivity index (χ4v) is 2.19. The zero-order chi connectivity index (χ0) is 11.1. The van der Waals surface area contributed by atoms with Gasteiger partial charge in [0.2, 0.25) is 0 Å². The first kappa shape index (κ1) is 10.3. The van der Waals surface area contributed by atoms with Gasteiger partial charge in [0.15, 0.2) is 0 Å². The molecule has 1 fully saturated rings. The Morgan fingerprint density at radius 1 is 1.33 bits per heavy atom. The molecule has 0 aromatic heterocycles. The van der Waals surface area contributed by atoms with E-state index in [2.05, 4.69) is 4.90 Å². The molecule has 6 N–H and O–H groups in total. The molecule has 0 saturated carbocycles. The second-order valence-corrected chi connectivity index (χ2v) is 4.42. The first-order valence-corrected chi connectivity index (χ1v) is 5.20. The maximum absolute atomic E-state index is 6.20. The second-order valence-electron chi connectivity index (χ2n) is 4.42. The maximum Gasteiger partial charge on any atom is 0.0871 e. The molecule has 0 spiro atoms. The van der Waals surface area contributed by atoms with Crippen LogP contribution in [0.15, 0.2) is 24.3 Å². The number of hydrogen-bond acceptors (Lipinski definition) is 4. The van der Waals surface area contributed by atoms with Crippen molar-refractivity contribution < 1.29 is 0 Å². The molecule has 1 heterocycles. The van der Waals surface area contributed by atoms with E-state index in [1.165, 1.54) is 0 Å². The van der Waals surface area contributed by atoms with Gasteiger partial charge in [0.25, 0.3) is 0 Å². The van der Waals surface area contributed by atoms with Gasteiger partial charge in [-0.1, -0.05) is 0 Å². The predicted molar refractivity (Wildman–Crippen MR) is 63.1 cm³/mol. The van der Waals surface area contributed by atoms with E-state index in [0.29, 0.717) is 0 Å². The summed E-state index contributed by atoms with van der Waals surface area (Å²) in [7, 11) is 0. The highest BCUT2D eigenvalue weighted by atomic mass is 15.4. The van der Waals surface area contributed by atoms with Crippen molar-refractivity contribution in [2.24, 2.45) is 11.5 Å². The number of benzene rings is 1. The van der Waals surface area contributed by atoms with E-state index in [1.54, 1.807) is 0 Å². The van der Waals surface area contributed by atoms with Crippen LogP contribution in [0.25, 0.3) is 0 Å². The van der Waals surface area contributed by atoms with Gasteiger partial charge in [0.05, 0.1) is 11.8 Å². The van der Waals surface area contributed by atoms with Crippen molar-refractivity contribution >= 4 is 11.4 Å². The standard InChI is InChI=1S/C11H18N4/c1-11(14)7-6-10(13)15(11)9-4-2-8(12)3-5-9/h2-5,10H,6-7,12-14H2,1H3. The fraction of sp³-hybridized carbons (Fsp3) is 0.455. The van der Waals surface area contributed by atoms with Gasteiger partial charge in [-0.15, -0.1) is 0 Å². The molecule has 1 aromatic carbocycles. The summed E-state index contributed by atoms with van der Waals surface area (Å²) < 4.78 is 0. The number of nitrogen functional groups attached to an aromatic ring is 1. The van der Waals surface area contributed by atoms with Crippen LogP contribution in [0.1, 0.15) is 19.8 Å². The minimum absolute atomic E-state index is 0.00336. The van der Waals surface area contributed by atoms with Crippen molar-refractivity contribution in [3.05, 3.63) is 24.3 Å². The van der Waals surface area contributed by atoms with Crippen LogP contribution in [0.3, 0.4) is 0 Å². The molecular formula is C11H18N4. The van der Waals surface area contributed by atoms with E-state index in [4.69, 9.17) is 17.2 Å². The minimum atomic E-state index is -0.352. The smallest absolute Gasteiger partial charge is 0.0871 e. The predicted octanol–water partition coefficient (Wildman–Crippen LogP) is 0.829. The number of nitrogens with zero attached hydrogens (tertiary/aromatic N) is 1. The lowest BCUT2D eigenvalue weighted by atomic mass is 10.1. The Kier molecular flexibility index (Phi) is 2.32. The first-order valence-electron chi connectivity index (χ1n) is 5.20. The first-order chi connectivity index (χ1) is 7.00. The van der Waals surface area contributed by atoms with Crippen molar-refractivity contribution in [1.82, 2.24) is 0 Å². The molecule has 1 aliphatic rings. The normalized spacial score (nSPS) is 30.9. The molecule has 4 heteroatoms. The molecule has 1 aromatic rings. The third-order valence-electron chi connectivity index (χ3n) is 3.00. The van der Waals surface area contributed by atoms with Gasteiger partial charge >= 0.3 is 0 Å². The van der Waals surface area contributed by atoms with Crippen LogP contribution in [0.4, 0.5) is 11.4 Å². The fourth-order valence-electron chi connectivity index (χ4n) is 2.19. The monoisotopic (exact) mass is 206 g/mol. The largest absolute Gasteiger partial charge is 0.399 e. The molecule has 0 bridgehead atoms. The summed E-state index contributed by atoms with van der Waals surface area (Å²) in [6, 6.07) is 7.67. The molecule has 2 atom stereocenters. The molecule has 0 aliphatic carbocycles. The van der Waals surface area contributed by atoms with Crippen LogP contribution < -0.4 is 22.1 Å². The molecule has 1 aliphatic heterocycles. The SMILES string of the molecule is CC1(N)CCC(N)N1c1ccc(N)cc1. The Labute approximate surface area is 90.0 Å². The van der Waals surface area contributed by atoms with Crippen molar-refractivity contribution in [1.29, 1.82) is 0 Å². The van der Waals surface area contributed by atoms with Crippen LogP contribution in [-0.2, 0) is 0 Å². The Balaban J connectivity index is 2.33. The van der Waals surface area contributed by atoms with E-state index in [0.717, 1.165) is 24.2 Å². The van der Waals surface area contributed by atoms with Crippen molar-refractivity contribution in [2.75, 3.05) is 10.6 Å². The van der Waals surface area contributed by atoms with E-state index in [9.17, 15) is 0 Å². The molecule has 2 unspecified atom stereocenters. The van der Waals surface area contributed by atoms with Gasteiger partial charge in [-0.2, -0.15) is 0 Å². The van der Waals surface area contributed by atoms with Crippen LogP contribution in [0, 0.1) is 0 Å². The summed E-state index contributed by atoms with van der Waals surface area (Å²) >= 11 is 0. The van der Waals surface area contributed by atoms with Gasteiger partial charge in [-0.25, -0.2) is 0 Å². The molecule has 4 nitrogen and oxygen atoms in total. The van der Waals surface area contributed by atoms with Crippen LogP contribution in [-0.4, -0.2) is 11.8 Å². The Bertz CT molecular complexity index is 344. The summed E-state index contributed by atoms with van der Waals surface area (Å²) in [6.07, 6.45) is 1.85. The highest BCUT2D eigenvalue weighted by Gasteiger charge is 2.38. The summed E-state index contributed by atoms with van der Waals surface area (Å²) in [5, 5.41) is 0. The van der Waals surface area contributed by atoms with Crippen molar-refractivity contribution in [2.45, 2.75) is 31.6 Å². The highest BCUT2D eigenvalue weighted by Crippen LogP contribution is 2.33. The summed E-state index contributed by atoms with van der Waals surface area (Å²) in [5.41, 5.74) is 19.3. The van der Waals surface area contributed by atoms with Crippen molar-refractivity contribution in [3.8, 4) is 0 Å². The molecule has 15 heavy (non-hydrogen) atoms. The number of rotatable bonds is 1. The van der Waals surface area contributed by atoms with Gasteiger partial charge in [-0.05, 0) is 44.0 Å². The molecule has 82 valence electrons. The quantitative estimate of drug-likeness (QED) is 0.594. The topological polar surface area (TPSA) is 81.3 Å². The lowest BCUT2D eigenvalue weighted by Gasteiger charge is -2.36. The van der Waals surface area contributed by atoms with E-state index >= 15 is 0 Å². The zero-order valence-corrected chi connectivity index (χ0v) is 8.98. The average Bonchev–Trinajstić information content (AvgIpc) is 2.43. The number of nitrogens with two attached hydrogens (primary N) is 3. The third kappa shape index (κ3) is 1.78. The van der Waals surface area contributed by atoms with Gasteiger partial charge in [0, 0.05) is 11.4 Å². The Hall–Kier alpha value is -1.26. The number of anilines is 2. The molecule has 1 saturated heterocycles. The molecule has 2 rings (SSSR count). The van der Waals surface area contributed by atoms with Gasteiger partial charge in [0.1, 0.15) is 0 Å². The third-order valence-corrected chi connectivity index (χ3v) is 3.00. The van der Waals surface area contributed by atoms with E-state index in [1.807, 2.05) is 31.2 Å². The summed E-state index contributed by atoms with van der Waals surface area (Å²) in [5.74, 6) is 0. The van der Waals surface area contributed by atoms with E-state index < -0.39 is 0 Å². The Morgan fingerprint density at radius 2 is 1.93 bits per heavy atom. The number of hydrogen-bond donors (Lipinski definition) is 3. The second kappa shape index (κ2) is 3.40. The lowest BCUT2D eigenvalue weighted by molar-refractivity contribution is 0.477. The van der Waals surface area contributed by atoms with Crippen molar-refractivity contribution in [3.63, 3.8) is 0 Å². The van der Waals surface area contributed by atoms with Crippen LogP contribution in [0.5, 0.6) is 0 Å². The molecule has 0 radical (unpaired) electrons. The Morgan fingerprint density at radius 3 is 2.40 bits per heavy atom. The highest BCUT2D eigenvalue weighted by molar-refractivity contribution is 5.55. The minimum Gasteiger partial charge on any atom is -0.399 e. The average molecular weight is 206 g/mol. The van der Waals surface area contributed by atoms with Gasteiger partial charge in [-0.3, -0.25) is 0 Å². The summed E-state index contributed by atoms with van der Waals surface area (Å²) in [4.78, 5) is 2.06. The van der Waals surface area contributed by atoms with Crippen LogP contribution >= 0.6 is 0 Å². The van der Waals surface area contributed by atoms with Gasteiger partial charge < -0.3 is 22.1 Å². The molecule has 0 amide bonds. The van der Waals surface area contributed by atoms with Crippen LogP contribution in [0.2, 0.25) is 0 Å². The van der Waals surface area contributed by atoms with E-state index in [-0.39, 0.29) is 11.8 Å². The maximum atomic E-state index is 6.20. The lowest BCUT2D eigenvalue weighted by Crippen LogP contribution is -2.54. The summed E-state index contributed by atoms with van der Waals surface area (Å²) in [6.45, 7) is 2.01.